The fraction of sp³-hybridized carbons (Fsp3) is 0.682. The van der Waals surface area contributed by atoms with Gasteiger partial charge in [0, 0.05) is 25.7 Å². The van der Waals surface area contributed by atoms with Crippen LogP contribution in [0.15, 0.2) is 34.2 Å². The molecule has 0 bridgehead atoms. The van der Waals surface area contributed by atoms with Gasteiger partial charge in [0.05, 0.1) is 4.90 Å². The van der Waals surface area contributed by atoms with Gasteiger partial charge in [-0.15, -0.1) is 24.0 Å². The number of sulfonamides is 1. The second-order valence-electron chi connectivity index (χ2n) is 8.46. The molecule has 1 aromatic carbocycles. The van der Waals surface area contributed by atoms with Crippen molar-refractivity contribution in [3.8, 4) is 0 Å². The summed E-state index contributed by atoms with van der Waals surface area (Å²) in [7, 11) is -0.183. The molecule has 0 radical (unpaired) electrons. The van der Waals surface area contributed by atoms with Crippen molar-refractivity contribution in [2.24, 2.45) is 4.99 Å². The molecule has 2 fully saturated rings. The first-order chi connectivity index (χ1) is 14.5. The van der Waals surface area contributed by atoms with Crippen molar-refractivity contribution in [3.63, 3.8) is 0 Å². The van der Waals surface area contributed by atoms with E-state index in [0.29, 0.717) is 6.54 Å². The number of nitrogens with one attached hydrogen (secondary N) is 3. The van der Waals surface area contributed by atoms with E-state index in [9.17, 15) is 8.42 Å². The summed E-state index contributed by atoms with van der Waals surface area (Å²) in [5, 5.41) is 6.96. The second-order valence-corrected chi connectivity index (χ2v) is 10.4. The minimum Gasteiger partial charge on any atom is -0.355 e. The van der Waals surface area contributed by atoms with Crippen molar-refractivity contribution in [1.29, 1.82) is 0 Å². The number of halogens is 1. The van der Waals surface area contributed by atoms with Crippen LogP contribution in [-0.4, -0.2) is 58.5 Å². The van der Waals surface area contributed by atoms with E-state index in [4.69, 9.17) is 0 Å². The number of guanidine groups is 1. The van der Waals surface area contributed by atoms with Crippen molar-refractivity contribution in [3.05, 3.63) is 29.8 Å². The molecular weight excluding hydrogens is 525 g/mol. The smallest absolute Gasteiger partial charge is 0.240 e. The van der Waals surface area contributed by atoms with Crippen LogP contribution in [0.1, 0.15) is 56.9 Å². The molecular formula is C22H38IN5O2S. The number of hydrogen-bond acceptors (Lipinski definition) is 4. The van der Waals surface area contributed by atoms with Gasteiger partial charge in [-0.3, -0.25) is 9.89 Å². The standard InChI is InChI=1S/C22H37N5O2S.HI/c1-23-21(25-17-19-9-11-20(12-10-19)30(28,29)24-2)26-18-22(13-5-3-6-14-22)27-15-7-4-8-16-27;/h9-12,24H,3-8,13-18H2,1-2H3,(H2,23,25,26);1H. The van der Waals surface area contributed by atoms with Crippen LogP contribution in [0.3, 0.4) is 0 Å². The van der Waals surface area contributed by atoms with Gasteiger partial charge in [0.25, 0.3) is 0 Å². The van der Waals surface area contributed by atoms with E-state index >= 15 is 0 Å². The molecule has 7 nitrogen and oxygen atoms in total. The first kappa shape index (κ1) is 26.3. The number of hydrogen-bond donors (Lipinski definition) is 3. The largest absolute Gasteiger partial charge is 0.355 e. The molecule has 1 aliphatic heterocycles. The number of benzene rings is 1. The monoisotopic (exact) mass is 563 g/mol. The maximum Gasteiger partial charge on any atom is 0.240 e. The molecule has 0 spiro atoms. The number of nitrogens with zero attached hydrogens (tertiary/aromatic N) is 2. The Bertz CT molecular complexity index is 802. The first-order valence-corrected chi connectivity index (χ1v) is 12.7. The molecule has 9 heteroatoms. The lowest BCUT2D eigenvalue weighted by molar-refractivity contribution is 0.0368. The van der Waals surface area contributed by atoms with E-state index in [1.54, 1.807) is 19.2 Å². The van der Waals surface area contributed by atoms with Crippen LogP contribution in [0, 0.1) is 0 Å². The van der Waals surface area contributed by atoms with Crippen molar-refractivity contribution in [2.45, 2.75) is 68.3 Å². The van der Waals surface area contributed by atoms with Crippen LogP contribution in [0.2, 0.25) is 0 Å². The van der Waals surface area contributed by atoms with Gasteiger partial charge < -0.3 is 10.6 Å². The Morgan fingerprint density at radius 1 is 1.00 bits per heavy atom. The first-order valence-electron chi connectivity index (χ1n) is 11.2. The summed E-state index contributed by atoms with van der Waals surface area (Å²) in [6.07, 6.45) is 10.5. The fourth-order valence-electron chi connectivity index (χ4n) is 4.74. The van der Waals surface area contributed by atoms with Gasteiger partial charge in [-0.05, 0) is 63.5 Å². The fourth-order valence-corrected chi connectivity index (χ4v) is 5.47. The molecule has 3 rings (SSSR count). The van der Waals surface area contributed by atoms with E-state index in [2.05, 4.69) is 25.2 Å². The average Bonchev–Trinajstić information content (AvgIpc) is 2.80. The topological polar surface area (TPSA) is 85.8 Å². The van der Waals surface area contributed by atoms with Gasteiger partial charge in [-0.2, -0.15) is 0 Å². The predicted octanol–water partition coefficient (Wildman–Crippen LogP) is 3.07. The van der Waals surface area contributed by atoms with Crippen molar-refractivity contribution in [1.82, 2.24) is 20.3 Å². The van der Waals surface area contributed by atoms with Crippen molar-refractivity contribution >= 4 is 40.0 Å². The highest BCUT2D eigenvalue weighted by Gasteiger charge is 2.38. The third-order valence-electron chi connectivity index (χ3n) is 6.58. The molecule has 3 N–H and O–H groups in total. The van der Waals surface area contributed by atoms with Crippen LogP contribution in [0.5, 0.6) is 0 Å². The highest BCUT2D eigenvalue weighted by molar-refractivity contribution is 14.0. The molecule has 0 amide bonds. The molecule has 31 heavy (non-hydrogen) atoms. The Kier molecular flexibility index (Phi) is 10.5. The Hall–Kier alpha value is -0.910. The van der Waals surface area contributed by atoms with Crippen LogP contribution in [0.4, 0.5) is 0 Å². The Balaban J connectivity index is 0.00000341. The van der Waals surface area contributed by atoms with Gasteiger partial charge in [-0.25, -0.2) is 13.1 Å². The van der Waals surface area contributed by atoms with Crippen molar-refractivity contribution < 1.29 is 8.42 Å². The summed E-state index contributed by atoms with van der Waals surface area (Å²) in [5.74, 6) is 0.795. The summed E-state index contributed by atoms with van der Waals surface area (Å²) in [4.78, 5) is 7.41. The lowest BCUT2D eigenvalue weighted by atomic mass is 9.79. The summed E-state index contributed by atoms with van der Waals surface area (Å²) in [6.45, 7) is 3.95. The molecule has 1 aliphatic carbocycles. The Labute approximate surface area is 204 Å². The Morgan fingerprint density at radius 2 is 1.61 bits per heavy atom. The van der Waals surface area contributed by atoms with Gasteiger partial charge in [-0.1, -0.05) is 37.8 Å². The zero-order valence-corrected chi connectivity index (χ0v) is 22.0. The maximum atomic E-state index is 11.9. The number of piperidine rings is 1. The molecule has 1 heterocycles. The van der Waals surface area contributed by atoms with Crippen LogP contribution in [0.25, 0.3) is 0 Å². The van der Waals surface area contributed by atoms with E-state index in [1.165, 1.54) is 71.5 Å². The number of aliphatic imine (C=N–C) groups is 1. The maximum absolute atomic E-state index is 11.9. The summed E-state index contributed by atoms with van der Waals surface area (Å²) < 4.78 is 26.1. The minimum absolute atomic E-state index is 0. The van der Waals surface area contributed by atoms with Gasteiger partial charge in [0.1, 0.15) is 0 Å². The summed E-state index contributed by atoms with van der Waals surface area (Å²) >= 11 is 0. The molecule has 0 atom stereocenters. The van der Waals surface area contributed by atoms with Gasteiger partial charge in [0.15, 0.2) is 5.96 Å². The molecule has 1 aromatic rings. The minimum atomic E-state index is -3.40. The van der Waals surface area contributed by atoms with E-state index in [0.717, 1.165) is 18.1 Å². The number of likely N-dealkylation sites (tertiary alicyclic amines) is 1. The third-order valence-corrected chi connectivity index (χ3v) is 8.01. The molecule has 176 valence electrons. The molecule has 1 saturated carbocycles. The van der Waals surface area contributed by atoms with Crippen LogP contribution in [-0.2, 0) is 16.6 Å². The van der Waals surface area contributed by atoms with Crippen LogP contribution >= 0.6 is 24.0 Å². The SMILES string of the molecule is CN=C(NCc1ccc(S(=O)(=O)NC)cc1)NCC1(N2CCCCC2)CCCCC1.I. The third kappa shape index (κ3) is 7.03. The lowest BCUT2D eigenvalue weighted by Crippen LogP contribution is -2.59. The zero-order chi connectivity index (χ0) is 21.5. The highest BCUT2D eigenvalue weighted by atomic mass is 127. The number of rotatable bonds is 7. The normalized spacial score (nSPS) is 20.0. The molecule has 2 aliphatic rings. The van der Waals surface area contributed by atoms with Gasteiger partial charge in [0.2, 0.25) is 10.0 Å². The summed E-state index contributed by atoms with van der Waals surface area (Å²) in [6, 6.07) is 6.93. The molecule has 0 unspecified atom stereocenters. The quantitative estimate of drug-likeness (QED) is 0.270. The Morgan fingerprint density at radius 3 is 2.19 bits per heavy atom. The predicted molar refractivity (Wildman–Crippen MR) is 138 cm³/mol. The van der Waals surface area contributed by atoms with E-state index < -0.39 is 10.0 Å². The molecule has 0 aromatic heterocycles. The highest BCUT2D eigenvalue weighted by Crippen LogP contribution is 2.35. The average molecular weight is 564 g/mol. The van der Waals surface area contributed by atoms with Gasteiger partial charge >= 0.3 is 0 Å². The van der Waals surface area contributed by atoms with Crippen LogP contribution < -0.4 is 15.4 Å². The van der Waals surface area contributed by atoms with E-state index in [1.807, 2.05) is 12.1 Å². The zero-order valence-electron chi connectivity index (χ0n) is 18.8. The second kappa shape index (κ2) is 12.4. The lowest BCUT2D eigenvalue weighted by Gasteiger charge is -2.48. The summed E-state index contributed by atoms with van der Waals surface area (Å²) in [5.41, 5.74) is 1.26. The van der Waals surface area contributed by atoms with Crippen molar-refractivity contribution in [2.75, 3.05) is 33.7 Å². The van der Waals surface area contributed by atoms with E-state index in [-0.39, 0.29) is 34.4 Å². The molecule has 1 saturated heterocycles.